The zero-order valence-electron chi connectivity index (χ0n) is 17.1. The van der Waals surface area contributed by atoms with E-state index in [-0.39, 0.29) is 0 Å². The van der Waals surface area contributed by atoms with Crippen LogP contribution >= 0.6 is 11.3 Å². The smallest absolute Gasteiger partial charge is 0.226 e. The molecular weight excluding hydrogens is 372 g/mol. The lowest BCUT2D eigenvalue weighted by Gasteiger charge is -2.36. The molecule has 2 N–H and O–H groups in total. The average molecular weight is 405 g/mol. The number of aryl methyl sites for hydroxylation is 2. The summed E-state index contributed by atoms with van der Waals surface area (Å²) >= 11 is 1.84. The van der Waals surface area contributed by atoms with Gasteiger partial charge >= 0.3 is 0 Å². The van der Waals surface area contributed by atoms with Crippen LogP contribution in [0.3, 0.4) is 0 Å². The predicted molar refractivity (Wildman–Crippen MR) is 114 cm³/mol. The molecule has 0 aromatic carbocycles. The van der Waals surface area contributed by atoms with Crippen molar-refractivity contribution in [3.8, 4) is 0 Å². The van der Waals surface area contributed by atoms with E-state index in [2.05, 4.69) is 55.1 Å². The molecule has 8 heteroatoms. The van der Waals surface area contributed by atoms with Gasteiger partial charge < -0.3 is 15.2 Å². The van der Waals surface area contributed by atoms with Crippen molar-refractivity contribution < 1.29 is 4.52 Å². The summed E-state index contributed by atoms with van der Waals surface area (Å²) in [6.07, 6.45) is 4.25. The number of rotatable bonds is 8. The molecule has 7 nitrogen and oxygen atoms in total. The van der Waals surface area contributed by atoms with Crippen molar-refractivity contribution in [3.05, 3.63) is 34.1 Å². The lowest BCUT2D eigenvalue weighted by molar-refractivity contribution is 0.140. The van der Waals surface area contributed by atoms with Gasteiger partial charge in [0.25, 0.3) is 0 Å². The quantitative estimate of drug-likeness (QED) is 0.400. The Hall–Kier alpha value is -1.93. The Balaban J connectivity index is 1.47. The maximum Gasteiger partial charge on any atom is 0.226 e. The zero-order chi connectivity index (χ0) is 19.8. The summed E-state index contributed by atoms with van der Waals surface area (Å²) in [5.74, 6) is 3.06. The molecule has 1 unspecified atom stereocenters. The van der Waals surface area contributed by atoms with Gasteiger partial charge in [-0.3, -0.25) is 9.89 Å². The van der Waals surface area contributed by atoms with E-state index in [1.165, 1.54) is 30.8 Å². The van der Waals surface area contributed by atoms with Crippen molar-refractivity contribution in [1.29, 1.82) is 0 Å². The Labute approximate surface area is 171 Å². The summed E-state index contributed by atoms with van der Waals surface area (Å²) in [6.45, 7) is 8.20. The fraction of sp³-hybridized carbons (Fsp3) is 0.650. The van der Waals surface area contributed by atoms with Crippen LogP contribution in [0.4, 0.5) is 0 Å². The number of nitrogens with zero attached hydrogens (tertiary/aromatic N) is 4. The van der Waals surface area contributed by atoms with Crippen LogP contribution in [-0.2, 0) is 6.42 Å². The zero-order valence-corrected chi connectivity index (χ0v) is 18.0. The van der Waals surface area contributed by atoms with E-state index < -0.39 is 0 Å². The second-order valence-corrected chi connectivity index (χ2v) is 8.45. The highest BCUT2D eigenvalue weighted by molar-refractivity contribution is 7.10. The van der Waals surface area contributed by atoms with E-state index in [1.807, 2.05) is 25.3 Å². The largest absolute Gasteiger partial charge is 0.356 e. The Bertz CT molecular complexity index is 721. The van der Waals surface area contributed by atoms with Crippen LogP contribution in [0, 0.1) is 12.8 Å². The number of thiophene rings is 1. The highest BCUT2D eigenvalue weighted by Gasteiger charge is 2.25. The molecule has 1 aliphatic rings. The monoisotopic (exact) mass is 404 g/mol. The minimum absolute atomic E-state index is 0.396. The van der Waals surface area contributed by atoms with Gasteiger partial charge in [-0.05, 0) is 56.6 Å². The Morgan fingerprint density at radius 2 is 2.21 bits per heavy atom. The van der Waals surface area contributed by atoms with Crippen LogP contribution in [0.15, 0.2) is 27.0 Å². The van der Waals surface area contributed by atoms with Crippen molar-refractivity contribution in [3.63, 3.8) is 0 Å². The van der Waals surface area contributed by atoms with Crippen LogP contribution in [-0.4, -0.2) is 54.2 Å². The Morgan fingerprint density at radius 1 is 1.39 bits per heavy atom. The number of aromatic nitrogens is 2. The highest BCUT2D eigenvalue weighted by atomic mass is 32.1. The third-order valence-corrected chi connectivity index (χ3v) is 6.22. The second kappa shape index (κ2) is 10.6. The van der Waals surface area contributed by atoms with E-state index in [9.17, 15) is 0 Å². The normalized spacial score (nSPS) is 17.6. The minimum atomic E-state index is 0.396. The lowest BCUT2D eigenvalue weighted by Crippen LogP contribution is -2.45. The number of hydrogen-bond donors (Lipinski definition) is 2. The molecule has 0 bridgehead atoms. The van der Waals surface area contributed by atoms with Crippen molar-refractivity contribution in [1.82, 2.24) is 25.7 Å². The van der Waals surface area contributed by atoms with E-state index in [0.29, 0.717) is 17.8 Å². The summed E-state index contributed by atoms with van der Waals surface area (Å²) in [6, 6.07) is 4.79. The van der Waals surface area contributed by atoms with Crippen LogP contribution in [0.5, 0.6) is 0 Å². The van der Waals surface area contributed by atoms with Crippen LogP contribution < -0.4 is 10.6 Å². The van der Waals surface area contributed by atoms with Crippen molar-refractivity contribution in [2.45, 2.75) is 45.6 Å². The lowest BCUT2D eigenvalue weighted by atomic mass is 9.97. The summed E-state index contributed by atoms with van der Waals surface area (Å²) in [7, 11) is 1.82. The molecule has 3 rings (SSSR count). The molecule has 1 fully saturated rings. The summed E-state index contributed by atoms with van der Waals surface area (Å²) in [5.41, 5.74) is 0. The van der Waals surface area contributed by atoms with Gasteiger partial charge in [-0.25, -0.2) is 0 Å². The SMILES string of the molecule is CN=C(NCCCc1nc(C)no1)NCC(c1cccs1)N1CCC(C)CC1. The Kier molecular flexibility index (Phi) is 7.85. The van der Waals surface area contributed by atoms with Crippen molar-refractivity contribution in [2.75, 3.05) is 33.2 Å². The third-order valence-electron chi connectivity index (χ3n) is 5.25. The first kappa shape index (κ1) is 20.8. The molecule has 0 spiro atoms. The summed E-state index contributed by atoms with van der Waals surface area (Å²) in [4.78, 5) is 12.6. The fourth-order valence-electron chi connectivity index (χ4n) is 3.53. The molecule has 0 saturated carbocycles. The number of guanidine groups is 1. The molecule has 0 amide bonds. The highest BCUT2D eigenvalue weighted by Crippen LogP contribution is 2.29. The number of aliphatic imine (C=N–C) groups is 1. The van der Waals surface area contributed by atoms with E-state index in [1.54, 1.807) is 0 Å². The molecule has 154 valence electrons. The molecule has 0 radical (unpaired) electrons. The van der Waals surface area contributed by atoms with Gasteiger partial charge in [-0.15, -0.1) is 11.3 Å². The van der Waals surface area contributed by atoms with E-state index in [0.717, 1.165) is 37.8 Å². The second-order valence-electron chi connectivity index (χ2n) is 7.47. The van der Waals surface area contributed by atoms with Crippen LogP contribution in [0.25, 0.3) is 0 Å². The van der Waals surface area contributed by atoms with Gasteiger partial charge in [-0.2, -0.15) is 4.98 Å². The van der Waals surface area contributed by atoms with E-state index in [4.69, 9.17) is 4.52 Å². The molecule has 1 saturated heterocycles. The average Bonchev–Trinajstić information content (AvgIpc) is 3.37. The molecular formula is C20H32N6OS. The first-order valence-corrected chi connectivity index (χ1v) is 11.0. The summed E-state index contributed by atoms with van der Waals surface area (Å²) < 4.78 is 5.15. The van der Waals surface area contributed by atoms with Gasteiger partial charge in [0.15, 0.2) is 11.8 Å². The molecule has 28 heavy (non-hydrogen) atoms. The number of piperidine rings is 1. The fourth-order valence-corrected chi connectivity index (χ4v) is 4.39. The molecule has 1 atom stereocenters. The van der Waals surface area contributed by atoms with Crippen LogP contribution in [0.2, 0.25) is 0 Å². The van der Waals surface area contributed by atoms with Gasteiger partial charge in [0.1, 0.15) is 0 Å². The molecule has 1 aliphatic heterocycles. The molecule has 3 heterocycles. The number of nitrogens with one attached hydrogen (secondary N) is 2. The van der Waals surface area contributed by atoms with Crippen molar-refractivity contribution in [2.24, 2.45) is 10.9 Å². The molecule has 2 aromatic heterocycles. The molecule has 2 aromatic rings. The van der Waals surface area contributed by atoms with E-state index >= 15 is 0 Å². The molecule has 0 aliphatic carbocycles. The van der Waals surface area contributed by atoms with Gasteiger partial charge in [-0.1, -0.05) is 18.1 Å². The van der Waals surface area contributed by atoms with Crippen LogP contribution in [0.1, 0.15) is 48.8 Å². The first-order valence-electron chi connectivity index (χ1n) is 10.2. The van der Waals surface area contributed by atoms with Crippen molar-refractivity contribution >= 4 is 17.3 Å². The minimum Gasteiger partial charge on any atom is -0.356 e. The number of hydrogen-bond acceptors (Lipinski definition) is 6. The summed E-state index contributed by atoms with van der Waals surface area (Å²) in [5, 5.41) is 12.9. The van der Waals surface area contributed by atoms with Gasteiger partial charge in [0, 0.05) is 31.4 Å². The number of likely N-dealkylation sites (tertiary alicyclic amines) is 1. The maximum atomic E-state index is 5.15. The van der Waals surface area contributed by atoms with Gasteiger partial charge in [0.2, 0.25) is 5.89 Å². The maximum absolute atomic E-state index is 5.15. The standard InChI is InChI=1S/C20H32N6OS/c1-15-8-11-26(12-9-15)17(18-6-5-13-28-18)14-23-20(21-3)22-10-4-7-19-24-16(2)25-27-19/h5-6,13,15,17H,4,7-12,14H2,1-3H3,(H2,21,22,23). The van der Waals surface area contributed by atoms with Gasteiger partial charge in [0.05, 0.1) is 6.04 Å². The predicted octanol–water partition coefficient (Wildman–Crippen LogP) is 3.01. The Morgan fingerprint density at radius 3 is 2.86 bits per heavy atom. The first-order chi connectivity index (χ1) is 13.7. The third kappa shape index (κ3) is 6.04. The topological polar surface area (TPSA) is 78.6 Å².